The summed E-state index contributed by atoms with van der Waals surface area (Å²) >= 11 is 3.29. The van der Waals surface area contributed by atoms with Crippen LogP contribution in [0, 0.1) is 17.8 Å². The molecule has 4 fully saturated rings. The van der Waals surface area contributed by atoms with Crippen molar-refractivity contribution in [3.8, 4) is 0 Å². The van der Waals surface area contributed by atoms with E-state index in [1.807, 2.05) is 0 Å². The van der Waals surface area contributed by atoms with Crippen molar-refractivity contribution >= 4 is 27.9 Å². The van der Waals surface area contributed by atoms with Crippen LogP contribution in [0.4, 0.5) is 0 Å². The summed E-state index contributed by atoms with van der Waals surface area (Å²) in [4.78, 5) is 24.7. The molecule has 0 unspecified atom stereocenters. The smallest absolute Gasteiger partial charge is 0.340 e. The predicted molar refractivity (Wildman–Crippen MR) is 96.9 cm³/mol. The van der Waals surface area contributed by atoms with E-state index >= 15 is 0 Å². The molecule has 27 heavy (non-hydrogen) atoms. The van der Waals surface area contributed by atoms with E-state index < -0.39 is 53.3 Å². The molecule has 2 aliphatic carbocycles. The van der Waals surface area contributed by atoms with Crippen LogP contribution in [-0.2, 0) is 23.8 Å². The number of rotatable bonds is 3. The molecule has 4 rings (SSSR count). The second-order valence-corrected chi connectivity index (χ2v) is 8.82. The Morgan fingerprint density at radius 2 is 2.11 bits per heavy atom. The molecule has 2 saturated carbocycles. The van der Waals surface area contributed by atoms with Gasteiger partial charge in [0.15, 0.2) is 5.60 Å². The van der Waals surface area contributed by atoms with Gasteiger partial charge in [0.05, 0.1) is 18.6 Å². The van der Waals surface area contributed by atoms with Crippen molar-refractivity contribution in [1.29, 1.82) is 0 Å². The fourth-order valence-corrected chi connectivity index (χ4v) is 5.50. The second kappa shape index (κ2) is 6.14. The van der Waals surface area contributed by atoms with Gasteiger partial charge in [-0.15, -0.1) is 0 Å². The molecule has 8 atom stereocenters. The fraction of sp³-hybridized carbons (Fsp3) is 0.684. The standard InChI is InChI=1S/C19H23BrO7/c1-8-4-11(26-17(23)18(3)7-25-18)13-9(2)16(22)27-15(13)14-10(8)5-12(21)19(14,24)6-20/h10-15,21,24H,1-2,4-7H2,3H3/t10-,11-,12-,13+,14-,15-,18+,19+/m0/s1. The van der Waals surface area contributed by atoms with Crippen LogP contribution in [-0.4, -0.2) is 63.6 Å². The molecule has 4 aliphatic rings. The third-order valence-electron chi connectivity index (χ3n) is 6.55. The summed E-state index contributed by atoms with van der Waals surface area (Å²) in [5, 5.41) is 21.8. The summed E-state index contributed by atoms with van der Waals surface area (Å²) in [5.74, 6) is -2.49. The molecule has 0 aromatic rings. The van der Waals surface area contributed by atoms with Crippen LogP contribution < -0.4 is 0 Å². The van der Waals surface area contributed by atoms with Gasteiger partial charge in [0, 0.05) is 23.2 Å². The number of aliphatic hydroxyl groups is 2. The van der Waals surface area contributed by atoms with Crippen LogP contribution in [0.5, 0.6) is 0 Å². The lowest BCUT2D eigenvalue weighted by Gasteiger charge is -2.37. The van der Waals surface area contributed by atoms with Crippen LogP contribution in [0.3, 0.4) is 0 Å². The molecule has 0 aromatic carbocycles. The first kappa shape index (κ1) is 19.1. The molecule has 0 bridgehead atoms. The largest absolute Gasteiger partial charge is 0.459 e. The zero-order valence-electron chi connectivity index (χ0n) is 15.0. The van der Waals surface area contributed by atoms with Crippen molar-refractivity contribution in [2.75, 3.05) is 11.9 Å². The van der Waals surface area contributed by atoms with Gasteiger partial charge in [0.2, 0.25) is 0 Å². The number of fused-ring (bicyclic) bond motifs is 3. The molecular weight excluding hydrogens is 420 g/mol. The van der Waals surface area contributed by atoms with Crippen LogP contribution in [0.15, 0.2) is 24.3 Å². The van der Waals surface area contributed by atoms with Gasteiger partial charge in [0.25, 0.3) is 0 Å². The van der Waals surface area contributed by atoms with Gasteiger partial charge in [-0.3, -0.25) is 0 Å². The van der Waals surface area contributed by atoms with Crippen molar-refractivity contribution < 1.29 is 34.0 Å². The fourth-order valence-electron chi connectivity index (χ4n) is 4.75. The van der Waals surface area contributed by atoms with Gasteiger partial charge in [-0.05, 0) is 19.3 Å². The Hall–Kier alpha value is -1.22. The van der Waals surface area contributed by atoms with Crippen molar-refractivity contribution in [2.24, 2.45) is 17.8 Å². The molecule has 0 amide bonds. The molecule has 0 spiro atoms. The third-order valence-corrected chi connectivity index (χ3v) is 7.45. The number of epoxide rings is 1. The minimum absolute atomic E-state index is 0.124. The normalized spacial score (nSPS) is 48.5. The topological polar surface area (TPSA) is 106 Å². The van der Waals surface area contributed by atoms with E-state index in [1.165, 1.54) is 0 Å². The van der Waals surface area contributed by atoms with Crippen LogP contribution in [0.1, 0.15) is 19.8 Å². The molecule has 2 aliphatic heterocycles. The van der Waals surface area contributed by atoms with Crippen LogP contribution >= 0.6 is 15.9 Å². The molecule has 2 saturated heterocycles. The average molecular weight is 443 g/mol. The van der Waals surface area contributed by atoms with E-state index in [0.29, 0.717) is 19.4 Å². The van der Waals surface area contributed by atoms with E-state index in [-0.39, 0.29) is 16.8 Å². The lowest BCUT2D eigenvalue weighted by atomic mass is 9.76. The van der Waals surface area contributed by atoms with Gasteiger partial charge in [-0.2, -0.15) is 0 Å². The zero-order chi connectivity index (χ0) is 19.7. The monoisotopic (exact) mass is 442 g/mol. The van der Waals surface area contributed by atoms with Crippen molar-refractivity contribution in [1.82, 2.24) is 0 Å². The van der Waals surface area contributed by atoms with Crippen LogP contribution in [0.2, 0.25) is 0 Å². The van der Waals surface area contributed by atoms with Crippen LogP contribution in [0.25, 0.3) is 0 Å². The first-order valence-electron chi connectivity index (χ1n) is 9.01. The highest BCUT2D eigenvalue weighted by Crippen LogP contribution is 2.55. The number of hydrogen-bond acceptors (Lipinski definition) is 7. The highest BCUT2D eigenvalue weighted by atomic mass is 79.9. The van der Waals surface area contributed by atoms with Gasteiger partial charge < -0.3 is 24.4 Å². The van der Waals surface area contributed by atoms with Gasteiger partial charge in [0.1, 0.15) is 17.8 Å². The number of hydrogen-bond donors (Lipinski definition) is 2. The number of aliphatic hydroxyl groups excluding tert-OH is 1. The van der Waals surface area contributed by atoms with Crippen molar-refractivity contribution in [2.45, 2.75) is 49.3 Å². The predicted octanol–water partition coefficient (Wildman–Crippen LogP) is 0.868. The quantitative estimate of drug-likeness (QED) is 0.219. The van der Waals surface area contributed by atoms with E-state index in [0.717, 1.165) is 5.57 Å². The Labute approximate surface area is 165 Å². The number of esters is 2. The van der Waals surface area contributed by atoms with E-state index in [2.05, 4.69) is 29.1 Å². The first-order valence-corrected chi connectivity index (χ1v) is 10.1. The Morgan fingerprint density at radius 3 is 2.70 bits per heavy atom. The third kappa shape index (κ3) is 2.72. The summed E-state index contributed by atoms with van der Waals surface area (Å²) < 4.78 is 16.5. The maximum absolute atomic E-state index is 12.4. The van der Waals surface area contributed by atoms with Gasteiger partial charge in [-0.1, -0.05) is 34.7 Å². The molecule has 7 nitrogen and oxygen atoms in total. The Bertz CT molecular complexity index is 730. The number of carbonyl (C=O) groups is 2. The summed E-state index contributed by atoms with van der Waals surface area (Å²) in [6.07, 6.45) is -1.79. The highest BCUT2D eigenvalue weighted by Gasteiger charge is 2.64. The maximum atomic E-state index is 12.4. The van der Waals surface area contributed by atoms with Gasteiger partial charge >= 0.3 is 11.9 Å². The molecule has 0 aromatic heterocycles. The molecule has 8 heteroatoms. The minimum atomic E-state index is -1.48. The van der Waals surface area contributed by atoms with E-state index in [1.54, 1.807) is 6.92 Å². The molecule has 0 radical (unpaired) electrons. The number of alkyl halides is 1. The highest BCUT2D eigenvalue weighted by molar-refractivity contribution is 9.09. The summed E-state index contributed by atoms with van der Waals surface area (Å²) in [6.45, 7) is 9.92. The average Bonchev–Trinajstić information content (AvgIpc) is 3.25. The Morgan fingerprint density at radius 1 is 1.44 bits per heavy atom. The molecule has 2 heterocycles. The lowest BCUT2D eigenvalue weighted by molar-refractivity contribution is -0.161. The Balaban J connectivity index is 1.72. The number of ether oxygens (including phenoxy) is 3. The second-order valence-electron chi connectivity index (χ2n) is 8.26. The molecule has 148 valence electrons. The van der Waals surface area contributed by atoms with E-state index in [4.69, 9.17) is 14.2 Å². The van der Waals surface area contributed by atoms with Crippen molar-refractivity contribution in [3.63, 3.8) is 0 Å². The number of carbonyl (C=O) groups excluding carboxylic acids is 2. The Kier molecular flexibility index (Phi) is 4.34. The molecule has 2 N–H and O–H groups in total. The molecular formula is C19H23BrO7. The summed E-state index contributed by atoms with van der Waals surface area (Å²) in [6, 6.07) is 0. The summed E-state index contributed by atoms with van der Waals surface area (Å²) in [5.41, 5.74) is -1.46. The summed E-state index contributed by atoms with van der Waals surface area (Å²) in [7, 11) is 0. The van der Waals surface area contributed by atoms with Crippen molar-refractivity contribution in [3.05, 3.63) is 24.3 Å². The van der Waals surface area contributed by atoms with E-state index in [9.17, 15) is 19.8 Å². The SMILES string of the molecule is C=C1C(=O)O[C@H]2[C@H]1[C@@H](OC(=O)[C@@]1(C)CO1)CC(=C)[C@@H]1C[C@H](O)[C@](O)(CBr)[C@H]21. The number of halogens is 1. The first-order chi connectivity index (χ1) is 12.6. The maximum Gasteiger partial charge on any atom is 0.340 e. The zero-order valence-corrected chi connectivity index (χ0v) is 16.6. The lowest BCUT2D eigenvalue weighted by Crippen LogP contribution is -2.52. The minimum Gasteiger partial charge on any atom is -0.459 e. The van der Waals surface area contributed by atoms with Gasteiger partial charge in [-0.25, -0.2) is 9.59 Å².